The first-order chi connectivity index (χ1) is 12.7. The quantitative estimate of drug-likeness (QED) is 0.860. The molecule has 0 saturated carbocycles. The highest BCUT2D eigenvalue weighted by atomic mass is 16.6. The molecular formula is C21H32N2O4. The minimum atomic E-state index is -0.486. The second-order valence-corrected chi connectivity index (χ2v) is 8.60. The Morgan fingerprint density at radius 3 is 2.67 bits per heavy atom. The Morgan fingerprint density at radius 1 is 1.30 bits per heavy atom. The normalized spacial score (nSPS) is 18.1. The number of carbonyl (C=O) groups excluding carboxylic acids is 1. The molecule has 0 spiro atoms. The summed E-state index contributed by atoms with van der Waals surface area (Å²) in [6.07, 6.45) is 0.958. The van der Waals surface area contributed by atoms with E-state index < -0.39 is 11.7 Å². The summed E-state index contributed by atoms with van der Waals surface area (Å²) in [4.78, 5) is 16.5. The predicted molar refractivity (Wildman–Crippen MR) is 106 cm³/mol. The number of aliphatic hydroxyl groups is 1. The van der Waals surface area contributed by atoms with Gasteiger partial charge in [-0.15, -0.1) is 0 Å². The van der Waals surface area contributed by atoms with Crippen LogP contribution in [0.3, 0.4) is 0 Å². The molecule has 0 unspecified atom stereocenters. The number of carbonyl (C=O) groups is 1. The van der Waals surface area contributed by atoms with Crippen LogP contribution >= 0.6 is 0 Å². The summed E-state index contributed by atoms with van der Waals surface area (Å²) in [5, 5.41) is 9.85. The lowest BCUT2D eigenvalue weighted by molar-refractivity contribution is 0.0258. The molecule has 0 radical (unpaired) electrons. The molecule has 27 heavy (non-hydrogen) atoms. The number of hydrogen-bond acceptors (Lipinski definition) is 5. The topological polar surface area (TPSA) is 62.2 Å². The highest BCUT2D eigenvalue weighted by Crippen LogP contribution is 2.40. The molecule has 1 atom stereocenters. The van der Waals surface area contributed by atoms with Crippen molar-refractivity contribution in [3.8, 4) is 5.75 Å². The Hall–Kier alpha value is -1.95. The number of amides is 1. The Bertz CT molecular complexity index is 709. The van der Waals surface area contributed by atoms with Crippen LogP contribution in [0.15, 0.2) is 6.07 Å². The Balaban J connectivity index is 1.85. The van der Waals surface area contributed by atoms with Gasteiger partial charge in [-0.3, -0.25) is 0 Å². The lowest BCUT2D eigenvalue weighted by Gasteiger charge is -2.35. The van der Waals surface area contributed by atoms with Gasteiger partial charge in [-0.2, -0.15) is 0 Å². The van der Waals surface area contributed by atoms with Gasteiger partial charge in [-0.25, -0.2) is 4.79 Å². The number of fused-ring (bicyclic) bond motifs is 2. The first-order valence-electron chi connectivity index (χ1n) is 9.85. The number of benzene rings is 1. The molecule has 6 heteroatoms. The third-order valence-corrected chi connectivity index (χ3v) is 5.09. The first-order valence-corrected chi connectivity index (χ1v) is 9.85. The van der Waals surface area contributed by atoms with Gasteiger partial charge in [0.15, 0.2) is 0 Å². The van der Waals surface area contributed by atoms with Gasteiger partial charge >= 0.3 is 6.09 Å². The minimum absolute atomic E-state index is 0.246. The van der Waals surface area contributed by atoms with Gasteiger partial charge in [0.2, 0.25) is 0 Å². The molecule has 3 rings (SSSR count). The van der Waals surface area contributed by atoms with E-state index in [1.54, 1.807) is 4.90 Å². The van der Waals surface area contributed by atoms with Gasteiger partial charge in [0, 0.05) is 19.6 Å². The fourth-order valence-electron chi connectivity index (χ4n) is 3.96. The summed E-state index contributed by atoms with van der Waals surface area (Å²) in [6, 6.07) is 2.13. The van der Waals surface area contributed by atoms with Crippen LogP contribution in [0.4, 0.5) is 10.5 Å². The number of nitrogens with zero attached hydrogens (tertiary/aromatic N) is 2. The molecule has 6 nitrogen and oxygen atoms in total. The molecule has 1 N–H and O–H groups in total. The second kappa shape index (κ2) is 7.58. The summed E-state index contributed by atoms with van der Waals surface area (Å²) >= 11 is 0. The van der Waals surface area contributed by atoms with Crippen molar-refractivity contribution in [2.75, 3.05) is 37.7 Å². The van der Waals surface area contributed by atoms with Crippen LogP contribution < -0.4 is 9.64 Å². The fraction of sp³-hybridized carbons (Fsp3) is 0.667. The third-order valence-electron chi connectivity index (χ3n) is 5.09. The number of aliphatic hydroxyl groups excluding tert-OH is 1. The van der Waals surface area contributed by atoms with Gasteiger partial charge in [-0.05, 0) is 70.2 Å². The monoisotopic (exact) mass is 376 g/mol. The Labute approximate surface area is 162 Å². The van der Waals surface area contributed by atoms with Crippen molar-refractivity contribution < 1.29 is 19.4 Å². The van der Waals surface area contributed by atoms with E-state index in [0.29, 0.717) is 26.2 Å². The van der Waals surface area contributed by atoms with Crippen LogP contribution in [-0.4, -0.2) is 60.6 Å². The molecule has 0 saturated heterocycles. The maximum absolute atomic E-state index is 12.5. The zero-order chi connectivity index (χ0) is 19.8. The van der Waals surface area contributed by atoms with E-state index in [9.17, 15) is 9.90 Å². The van der Waals surface area contributed by atoms with Crippen molar-refractivity contribution in [3.05, 3.63) is 22.8 Å². The minimum Gasteiger partial charge on any atom is -0.490 e. The number of β-amino-alcohol motifs (C(OH)–C–C–N with tert-alkyl or cyclic N) is 1. The van der Waals surface area contributed by atoms with Crippen LogP contribution in [0, 0.1) is 6.92 Å². The third kappa shape index (κ3) is 4.49. The van der Waals surface area contributed by atoms with Gasteiger partial charge in [0.1, 0.15) is 18.0 Å². The van der Waals surface area contributed by atoms with Gasteiger partial charge in [0.25, 0.3) is 0 Å². The number of rotatable bonds is 2. The molecule has 0 aromatic heterocycles. The number of hydrogen-bond donors (Lipinski definition) is 1. The van der Waals surface area contributed by atoms with E-state index >= 15 is 0 Å². The highest BCUT2D eigenvalue weighted by molar-refractivity contribution is 5.71. The van der Waals surface area contributed by atoms with Gasteiger partial charge in [-0.1, -0.05) is 0 Å². The van der Waals surface area contributed by atoms with Crippen LogP contribution in [0.25, 0.3) is 0 Å². The molecule has 2 aliphatic rings. The van der Waals surface area contributed by atoms with Crippen molar-refractivity contribution in [2.24, 2.45) is 0 Å². The lowest BCUT2D eigenvalue weighted by atomic mass is 9.94. The molecular weight excluding hydrogens is 344 g/mol. The predicted octanol–water partition coefficient (Wildman–Crippen LogP) is 2.91. The number of ether oxygens (including phenoxy) is 2. The lowest BCUT2D eigenvalue weighted by Crippen LogP contribution is -2.38. The molecule has 1 aromatic rings. The summed E-state index contributed by atoms with van der Waals surface area (Å²) < 4.78 is 11.5. The summed E-state index contributed by atoms with van der Waals surface area (Å²) in [5.41, 5.74) is 4.35. The van der Waals surface area contributed by atoms with E-state index in [1.807, 2.05) is 27.7 Å². The van der Waals surface area contributed by atoms with E-state index in [0.717, 1.165) is 30.8 Å². The Morgan fingerprint density at radius 2 is 2.00 bits per heavy atom. The molecule has 2 heterocycles. The van der Waals surface area contributed by atoms with Crippen molar-refractivity contribution in [2.45, 2.75) is 59.2 Å². The van der Waals surface area contributed by atoms with E-state index in [2.05, 4.69) is 17.9 Å². The van der Waals surface area contributed by atoms with Crippen molar-refractivity contribution in [1.29, 1.82) is 0 Å². The average molecular weight is 376 g/mol. The summed E-state index contributed by atoms with van der Waals surface area (Å²) in [6.45, 7) is 12.9. The summed E-state index contributed by atoms with van der Waals surface area (Å²) in [7, 11) is 0. The molecule has 0 bridgehead atoms. The maximum atomic E-state index is 12.5. The van der Waals surface area contributed by atoms with Gasteiger partial charge in [0.05, 0.1) is 18.3 Å². The van der Waals surface area contributed by atoms with Crippen molar-refractivity contribution in [1.82, 2.24) is 4.90 Å². The zero-order valence-electron chi connectivity index (χ0n) is 17.2. The van der Waals surface area contributed by atoms with Crippen molar-refractivity contribution in [3.63, 3.8) is 0 Å². The molecule has 1 amide bonds. The molecule has 0 aliphatic carbocycles. The average Bonchev–Trinajstić information content (AvgIpc) is 2.76. The highest BCUT2D eigenvalue weighted by Gasteiger charge is 2.29. The smallest absolute Gasteiger partial charge is 0.410 e. The molecule has 1 aromatic carbocycles. The maximum Gasteiger partial charge on any atom is 0.410 e. The van der Waals surface area contributed by atoms with Crippen LogP contribution in [-0.2, 0) is 17.6 Å². The van der Waals surface area contributed by atoms with E-state index in [-0.39, 0.29) is 6.09 Å². The van der Waals surface area contributed by atoms with Crippen LogP contribution in [0.5, 0.6) is 5.75 Å². The first kappa shape index (κ1) is 19.8. The van der Waals surface area contributed by atoms with Crippen LogP contribution in [0.1, 0.15) is 44.4 Å². The van der Waals surface area contributed by atoms with E-state index in [1.165, 1.54) is 16.7 Å². The fourth-order valence-corrected chi connectivity index (χ4v) is 3.96. The second-order valence-electron chi connectivity index (χ2n) is 8.60. The molecule has 150 valence electrons. The molecule has 2 aliphatic heterocycles. The van der Waals surface area contributed by atoms with Gasteiger partial charge < -0.3 is 24.4 Å². The van der Waals surface area contributed by atoms with E-state index in [4.69, 9.17) is 9.47 Å². The SMILES string of the molecule is Cc1c2c(cc3c1N(C[C@@H](C)O)CCO3)CCN(C(=O)OC(C)(C)C)CC2. The number of anilines is 1. The largest absolute Gasteiger partial charge is 0.490 e. The standard InChI is InChI=1S/C21H32N2O4/c1-14(24)13-23-10-11-26-18-12-16-6-8-22(20(25)27-21(3,4)5)9-7-17(16)15(2)19(18)23/h12,14,24H,6-11,13H2,1-5H3/t14-/m1/s1. The summed E-state index contributed by atoms with van der Waals surface area (Å²) in [5.74, 6) is 0.892. The van der Waals surface area contributed by atoms with Crippen LogP contribution in [0.2, 0.25) is 0 Å². The zero-order valence-corrected chi connectivity index (χ0v) is 17.2. The molecule has 0 fully saturated rings. The Kier molecular flexibility index (Phi) is 5.56. The van der Waals surface area contributed by atoms with Crippen molar-refractivity contribution >= 4 is 11.8 Å².